The fourth-order valence-electron chi connectivity index (χ4n) is 0.938. The van der Waals surface area contributed by atoms with Gasteiger partial charge in [-0.25, -0.2) is 0 Å². The highest BCUT2D eigenvalue weighted by Crippen LogP contribution is 1.99. The molecule has 0 rings (SSSR count). The van der Waals surface area contributed by atoms with Gasteiger partial charge in [-0.05, 0) is 38.4 Å². The standard InChI is InChI=1S/C8H17NO2S/c1-9(7-8(10)11)5-3-4-6-12-2/h3-7H2,1-2H3,(H,10,11). The maximum atomic E-state index is 10.3. The first kappa shape index (κ1) is 11.8. The van der Waals surface area contributed by atoms with E-state index in [2.05, 4.69) is 6.26 Å². The van der Waals surface area contributed by atoms with Gasteiger partial charge in [-0.15, -0.1) is 0 Å². The van der Waals surface area contributed by atoms with Gasteiger partial charge in [0.1, 0.15) is 0 Å². The Bertz CT molecular complexity index is 130. The zero-order valence-corrected chi connectivity index (χ0v) is 8.56. The summed E-state index contributed by atoms with van der Waals surface area (Å²) >= 11 is 1.83. The summed E-state index contributed by atoms with van der Waals surface area (Å²) in [6.45, 7) is 1.03. The smallest absolute Gasteiger partial charge is 0.317 e. The van der Waals surface area contributed by atoms with Crippen molar-refractivity contribution in [3.8, 4) is 0 Å². The van der Waals surface area contributed by atoms with Crippen molar-refractivity contribution in [1.29, 1.82) is 0 Å². The Labute approximate surface area is 78.1 Å². The van der Waals surface area contributed by atoms with Gasteiger partial charge in [-0.1, -0.05) is 0 Å². The number of aliphatic carboxylic acids is 1. The van der Waals surface area contributed by atoms with Crippen LogP contribution in [-0.2, 0) is 4.79 Å². The summed E-state index contributed by atoms with van der Waals surface area (Å²) in [7, 11) is 1.84. The monoisotopic (exact) mass is 191 g/mol. The zero-order chi connectivity index (χ0) is 9.40. The van der Waals surface area contributed by atoms with Gasteiger partial charge in [0.2, 0.25) is 0 Å². The number of nitrogens with zero attached hydrogens (tertiary/aromatic N) is 1. The first-order chi connectivity index (χ1) is 5.66. The van der Waals surface area contributed by atoms with Gasteiger partial charge < -0.3 is 5.11 Å². The topological polar surface area (TPSA) is 40.5 Å². The zero-order valence-electron chi connectivity index (χ0n) is 7.75. The number of unbranched alkanes of at least 4 members (excludes halogenated alkanes) is 1. The summed E-state index contributed by atoms with van der Waals surface area (Å²) < 4.78 is 0. The number of hydrogen-bond acceptors (Lipinski definition) is 3. The average Bonchev–Trinajstić information content (AvgIpc) is 1.97. The Hall–Kier alpha value is -0.220. The van der Waals surface area contributed by atoms with E-state index in [1.165, 1.54) is 12.2 Å². The van der Waals surface area contributed by atoms with Gasteiger partial charge in [0.25, 0.3) is 0 Å². The summed E-state index contributed by atoms with van der Waals surface area (Å²) in [5.74, 6) is 0.420. The molecule has 0 fully saturated rings. The number of likely N-dealkylation sites (N-methyl/N-ethyl adjacent to an activating group) is 1. The van der Waals surface area contributed by atoms with Gasteiger partial charge in [0, 0.05) is 0 Å². The lowest BCUT2D eigenvalue weighted by atomic mass is 10.3. The minimum absolute atomic E-state index is 0.152. The SMILES string of the molecule is CSCCCCN(C)CC(=O)O. The fraction of sp³-hybridized carbons (Fsp3) is 0.875. The van der Waals surface area contributed by atoms with Crippen LogP contribution >= 0.6 is 11.8 Å². The molecule has 0 bridgehead atoms. The van der Waals surface area contributed by atoms with E-state index in [-0.39, 0.29) is 6.54 Å². The number of carboxylic acids is 1. The fourth-order valence-corrected chi connectivity index (χ4v) is 1.43. The molecule has 0 aromatic rings. The second kappa shape index (κ2) is 7.43. The van der Waals surface area contributed by atoms with Gasteiger partial charge in [-0.2, -0.15) is 11.8 Å². The largest absolute Gasteiger partial charge is 0.480 e. The van der Waals surface area contributed by atoms with Crippen molar-refractivity contribution in [1.82, 2.24) is 4.90 Å². The summed E-state index contributed by atoms with van der Waals surface area (Å²) in [6.07, 6.45) is 4.34. The molecule has 0 aliphatic rings. The highest BCUT2D eigenvalue weighted by molar-refractivity contribution is 7.98. The number of carboxylic acid groups (broad SMARTS) is 1. The number of carbonyl (C=O) groups is 1. The number of hydrogen-bond donors (Lipinski definition) is 1. The van der Waals surface area contributed by atoms with E-state index in [1.54, 1.807) is 0 Å². The third-order valence-corrected chi connectivity index (χ3v) is 2.24. The van der Waals surface area contributed by atoms with Crippen molar-refractivity contribution in [3.63, 3.8) is 0 Å². The molecule has 0 aliphatic carbocycles. The van der Waals surface area contributed by atoms with Crippen molar-refractivity contribution < 1.29 is 9.90 Å². The van der Waals surface area contributed by atoms with Crippen LogP contribution in [0.25, 0.3) is 0 Å². The van der Waals surface area contributed by atoms with E-state index in [9.17, 15) is 4.79 Å². The molecule has 0 amide bonds. The summed E-state index contributed by atoms with van der Waals surface area (Å²) in [6, 6.07) is 0. The molecule has 0 unspecified atom stereocenters. The van der Waals surface area contributed by atoms with Gasteiger partial charge in [0.15, 0.2) is 0 Å². The van der Waals surface area contributed by atoms with Crippen molar-refractivity contribution in [2.75, 3.05) is 32.1 Å². The predicted octanol–water partition coefficient (Wildman–Crippen LogP) is 1.15. The molecule has 0 radical (unpaired) electrons. The van der Waals surface area contributed by atoms with Crippen LogP contribution < -0.4 is 0 Å². The van der Waals surface area contributed by atoms with Crippen molar-refractivity contribution in [2.24, 2.45) is 0 Å². The van der Waals surface area contributed by atoms with Crippen LogP contribution in [0, 0.1) is 0 Å². The van der Waals surface area contributed by atoms with Crippen molar-refractivity contribution in [3.05, 3.63) is 0 Å². The average molecular weight is 191 g/mol. The maximum absolute atomic E-state index is 10.3. The number of rotatable bonds is 7. The minimum Gasteiger partial charge on any atom is -0.480 e. The third kappa shape index (κ3) is 7.88. The lowest BCUT2D eigenvalue weighted by Crippen LogP contribution is -2.26. The highest BCUT2D eigenvalue weighted by Gasteiger charge is 2.02. The van der Waals surface area contributed by atoms with Gasteiger partial charge >= 0.3 is 5.97 Å². The van der Waals surface area contributed by atoms with E-state index in [1.807, 2.05) is 23.7 Å². The normalized spacial score (nSPS) is 10.6. The first-order valence-corrected chi connectivity index (χ1v) is 5.45. The molecule has 3 nitrogen and oxygen atoms in total. The lowest BCUT2D eigenvalue weighted by Gasteiger charge is -2.12. The van der Waals surface area contributed by atoms with Crippen LogP contribution in [0.4, 0.5) is 0 Å². The molecule has 1 N–H and O–H groups in total. The second-order valence-corrected chi connectivity index (χ2v) is 3.82. The number of thioether (sulfide) groups is 1. The Morgan fingerprint density at radius 2 is 2.17 bits per heavy atom. The maximum Gasteiger partial charge on any atom is 0.317 e. The van der Waals surface area contributed by atoms with Crippen LogP contribution in [0.5, 0.6) is 0 Å². The van der Waals surface area contributed by atoms with E-state index < -0.39 is 5.97 Å². The Kier molecular flexibility index (Phi) is 7.29. The predicted molar refractivity (Wildman–Crippen MR) is 52.7 cm³/mol. The Morgan fingerprint density at radius 3 is 2.67 bits per heavy atom. The Morgan fingerprint density at radius 1 is 1.50 bits per heavy atom. The van der Waals surface area contributed by atoms with Gasteiger partial charge in [-0.3, -0.25) is 9.69 Å². The van der Waals surface area contributed by atoms with Crippen LogP contribution in [0.3, 0.4) is 0 Å². The molecule has 0 atom stereocenters. The van der Waals surface area contributed by atoms with Crippen LogP contribution in [0.2, 0.25) is 0 Å². The molecule has 0 saturated heterocycles. The molecule has 0 aromatic heterocycles. The second-order valence-electron chi connectivity index (χ2n) is 2.83. The summed E-state index contributed by atoms with van der Waals surface area (Å²) in [5, 5.41) is 8.44. The van der Waals surface area contributed by atoms with E-state index in [0.29, 0.717) is 0 Å². The molecule has 12 heavy (non-hydrogen) atoms. The van der Waals surface area contributed by atoms with E-state index in [0.717, 1.165) is 13.0 Å². The van der Waals surface area contributed by atoms with Crippen LogP contribution in [0.1, 0.15) is 12.8 Å². The van der Waals surface area contributed by atoms with Crippen LogP contribution in [-0.4, -0.2) is 48.1 Å². The molecule has 0 spiro atoms. The molecule has 72 valence electrons. The molecule has 4 heteroatoms. The summed E-state index contributed by atoms with van der Waals surface area (Å²) in [5.41, 5.74) is 0. The molecule has 0 aliphatic heterocycles. The Balaban J connectivity index is 3.19. The lowest BCUT2D eigenvalue weighted by molar-refractivity contribution is -0.137. The molecular formula is C8H17NO2S. The molecule has 0 heterocycles. The minimum atomic E-state index is -0.748. The van der Waals surface area contributed by atoms with Crippen molar-refractivity contribution in [2.45, 2.75) is 12.8 Å². The molecule has 0 saturated carbocycles. The highest BCUT2D eigenvalue weighted by atomic mass is 32.2. The van der Waals surface area contributed by atoms with E-state index >= 15 is 0 Å². The quantitative estimate of drug-likeness (QED) is 0.613. The van der Waals surface area contributed by atoms with Gasteiger partial charge in [0.05, 0.1) is 6.54 Å². The first-order valence-electron chi connectivity index (χ1n) is 4.06. The van der Waals surface area contributed by atoms with E-state index in [4.69, 9.17) is 5.11 Å². The summed E-state index contributed by atoms with van der Waals surface area (Å²) in [4.78, 5) is 12.1. The molecular weight excluding hydrogens is 174 g/mol. The van der Waals surface area contributed by atoms with Crippen LogP contribution in [0.15, 0.2) is 0 Å². The third-order valence-electron chi connectivity index (χ3n) is 1.54. The molecule has 0 aromatic carbocycles. The van der Waals surface area contributed by atoms with Crippen molar-refractivity contribution >= 4 is 17.7 Å².